The second kappa shape index (κ2) is 10.3. The van der Waals surface area contributed by atoms with Crippen LogP contribution in [0.4, 0.5) is 0 Å². The Morgan fingerprint density at radius 2 is 2.00 bits per heavy atom. The van der Waals surface area contributed by atoms with Gasteiger partial charge >= 0.3 is 0 Å². The van der Waals surface area contributed by atoms with Gasteiger partial charge in [-0.15, -0.1) is 6.42 Å². The van der Waals surface area contributed by atoms with Gasteiger partial charge in [0.05, 0.1) is 0 Å². The molecule has 0 radical (unpaired) electrons. The van der Waals surface area contributed by atoms with Crippen molar-refractivity contribution in [1.29, 1.82) is 0 Å². The average molecular weight is 274 g/mol. The molecule has 1 rings (SSSR count). The number of terminal acetylenes is 1. The topological polar surface area (TPSA) is 24.5 Å². The van der Waals surface area contributed by atoms with E-state index in [1.54, 1.807) is 0 Å². The van der Waals surface area contributed by atoms with Gasteiger partial charge in [0, 0.05) is 12.1 Å². The minimum Gasteiger partial charge on any atom is -0.481 e. The molecule has 0 heterocycles. The van der Waals surface area contributed by atoms with Gasteiger partial charge in [0.1, 0.15) is 12.4 Å². The summed E-state index contributed by atoms with van der Waals surface area (Å²) < 4.78 is 5.53. The second-order valence-corrected chi connectivity index (χ2v) is 4.66. The summed E-state index contributed by atoms with van der Waals surface area (Å²) in [5, 5.41) is 3.46. The quantitative estimate of drug-likeness (QED) is 0.524. The predicted molar refractivity (Wildman–Crippen MR) is 84.9 cm³/mol. The highest BCUT2D eigenvalue weighted by molar-refractivity contribution is 5.33. The van der Waals surface area contributed by atoms with E-state index in [1.807, 2.05) is 18.2 Å². The first-order valence-corrected chi connectivity index (χ1v) is 7.39. The van der Waals surface area contributed by atoms with Crippen LogP contribution in [0.5, 0.6) is 5.75 Å². The molecule has 0 aliphatic heterocycles. The van der Waals surface area contributed by atoms with Crippen LogP contribution in [0, 0.1) is 12.3 Å². The Morgan fingerprint density at radius 3 is 2.70 bits per heavy atom. The number of ether oxygens (including phenoxy) is 1. The molecule has 1 N–H and O–H groups in total. The van der Waals surface area contributed by atoms with Crippen LogP contribution in [0.1, 0.15) is 25.8 Å². The highest BCUT2D eigenvalue weighted by Gasteiger charge is 2.02. The number of hydrogen-bond acceptors (Lipinski definition) is 3. The molecule has 1 aromatic carbocycles. The molecule has 0 amide bonds. The molecule has 1 aromatic rings. The normalized spacial score (nSPS) is 10.5. The number of para-hydroxylation sites is 1. The summed E-state index contributed by atoms with van der Waals surface area (Å²) in [6, 6.07) is 8.03. The summed E-state index contributed by atoms with van der Waals surface area (Å²) in [6.45, 7) is 9.96. The third kappa shape index (κ3) is 6.10. The maximum absolute atomic E-state index is 5.53. The summed E-state index contributed by atoms with van der Waals surface area (Å²) in [6.07, 6.45) is 6.39. The molecular weight excluding hydrogens is 248 g/mol. The molecule has 0 bridgehead atoms. The summed E-state index contributed by atoms with van der Waals surface area (Å²) in [7, 11) is 0. The standard InChI is InChI=1S/C17H26N2O/c1-4-14-20-17-11-8-7-10-16(17)15-18-12-9-13-19(5-2)6-3/h1,7-8,10-11,18H,5-6,9,12-15H2,2-3H3. The third-order valence-electron chi connectivity index (χ3n) is 3.32. The summed E-state index contributed by atoms with van der Waals surface area (Å²) in [5.41, 5.74) is 1.16. The molecule has 110 valence electrons. The third-order valence-corrected chi connectivity index (χ3v) is 3.32. The Hall–Kier alpha value is -1.50. The van der Waals surface area contributed by atoms with Gasteiger partial charge in [-0.05, 0) is 38.7 Å². The molecule has 20 heavy (non-hydrogen) atoms. The van der Waals surface area contributed by atoms with Crippen molar-refractivity contribution < 1.29 is 4.74 Å². The molecule has 0 saturated carbocycles. The van der Waals surface area contributed by atoms with Crippen LogP contribution in [-0.2, 0) is 6.54 Å². The van der Waals surface area contributed by atoms with E-state index in [2.05, 4.69) is 36.1 Å². The Morgan fingerprint density at radius 1 is 1.25 bits per heavy atom. The van der Waals surface area contributed by atoms with E-state index in [9.17, 15) is 0 Å². The van der Waals surface area contributed by atoms with E-state index in [1.165, 1.54) is 0 Å². The predicted octanol–water partition coefficient (Wildman–Crippen LogP) is 2.52. The first kappa shape index (κ1) is 16.6. The SMILES string of the molecule is C#CCOc1ccccc1CNCCCN(CC)CC. The smallest absolute Gasteiger partial charge is 0.148 e. The van der Waals surface area contributed by atoms with Crippen LogP contribution in [0.15, 0.2) is 24.3 Å². The van der Waals surface area contributed by atoms with Crippen LogP contribution in [0.25, 0.3) is 0 Å². The fraction of sp³-hybridized carbons (Fsp3) is 0.529. The Bertz CT molecular complexity index is 408. The van der Waals surface area contributed by atoms with Crippen LogP contribution >= 0.6 is 0 Å². The molecule has 0 atom stereocenters. The highest BCUT2D eigenvalue weighted by Crippen LogP contribution is 2.17. The molecule has 0 saturated heterocycles. The molecule has 3 heteroatoms. The molecule has 0 spiro atoms. The lowest BCUT2D eigenvalue weighted by molar-refractivity contribution is 0.297. The zero-order chi connectivity index (χ0) is 14.6. The fourth-order valence-electron chi connectivity index (χ4n) is 2.10. The van der Waals surface area contributed by atoms with Gasteiger partial charge in [-0.2, -0.15) is 0 Å². The van der Waals surface area contributed by atoms with Crippen molar-refractivity contribution in [1.82, 2.24) is 10.2 Å². The Balaban J connectivity index is 2.29. The summed E-state index contributed by atoms with van der Waals surface area (Å²) in [4.78, 5) is 2.44. The van der Waals surface area contributed by atoms with Gasteiger partial charge < -0.3 is 15.0 Å². The van der Waals surface area contributed by atoms with E-state index in [4.69, 9.17) is 11.2 Å². The first-order chi connectivity index (χ1) is 9.81. The maximum Gasteiger partial charge on any atom is 0.148 e. The molecule has 0 fully saturated rings. The number of benzene rings is 1. The molecule has 0 aliphatic rings. The number of rotatable bonds is 10. The van der Waals surface area contributed by atoms with E-state index in [-0.39, 0.29) is 0 Å². The Labute approximate surface area is 123 Å². The minimum atomic E-state index is 0.318. The van der Waals surface area contributed by atoms with Crippen molar-refractivity contribution in [2.24, 2.45) is 0 Å². The van der Waals surface area contributed by atoms with Crippen LogP contribution in [0.3, 0.4) is 0 Å². The van der Waals surface area contributed by atoms with Gasteiger partial charge in [0.2, 0.25) is 0 Å². The Kier molecular flexibility index (Phi) is 8.53. The monoisotopic (exact) mass is 274 g/mol. The second-order valence-electron chi connectivity index (χ2n) is 4.66. The van der Waals surface area contributed by atoms with Crippen molar-refractivity contribution in [2.75, 3.05) is 32.8 Å². The summed E-state index contributed by atoms with van der Waals surface area (Å²) >= 11 is 0. The van der Waals surface area contributed by atoms with Crippen molar-refractivity contribution in [3.8, 4) is 18.1 Å². The lowest BCUT2D eigenvalue weighted by Gasteiger charge is -2.17. The molecule has 3 nitrogen and oxygen atoms in total. The fourth-order valence-corrected chi connectivity index (χ4v) is 2.10. The number of nitrogens with one attached hydrogen (secondary N) is 1. The number of hydrogen-bond donors (Lipinski definition) is 1. The van der Waals surface area contributed by atoms with Crippen LogP contribution in [-0.4, -0.2) is 37.7 Å². The van der Waals surface area contributed by atoms with Crippen molar-refractivity contribution in [2.45, 2.75) is 26.8 Å². The molecular formula is C17H26N2O. The van der Waals surface area contributed by atoms with Crippen molar-refractivity contribution >= 4 is 0 Å². The lowest BCUT2D eigenvalue weighted by Crippen LogP contribution is -2.27. The molecule has 0 unspecified atom stereocenters. The van der Waals surface area contributed by atoms with E-state index in [0.717, 1.165) is 50.5 Å². The van der Waals surface area contributed by atoms with Crippen molar-refractivity contribution in [3.63, 3.8) is 0 Å². The zero-order valence-corrected chi connectivity index (χ0v) is 12.7. The van der Waals surface area contributed by atoms with Gasteiger partial charge in [-0.3, -0.25) is 0 Å². The first-order valence-electron chi connectivity index (χ1n) is 7.39. The van der Waals surface area contributed by atoms with E-state index >= 15 is 0 Å². The highest BCUT2D eigenvalue weighted by atomic mass is 16.5. The number of nitrogens with zero attached hydrogens (tertiary/aromatic N) is 1. The van der Waals surface area contributed by atoms with E-state index in [0.29, 0.717) is 6.61 Å². The van der Waals surface area contributed by atoms with Gasteiger partial charge in [-0.1, -0.05) is 38.0 Å². The van der Waals surface area contributed by atoms with Gasteiger partial charge in [-0.25, -0.2) is 0 Å². The van der Waals surface area contributed by atoms with E-state index < -0.39 is 0 Å². The average Bonchev–Trinajstić information content (AvgIpc) is 2.50. The van der Waals surface area contributed by atoms with Crippen molar-refractivity contribution in [3.05, 3.63) is 29.8 Å². The zero-order valence-electron chi connectivity index (χ0n) is 12.7. The maximum atomic E-state index is 5.53. The van der Waals surface area contributed by atoms with Gasteiger partial charge in [0.15, 0.2) is 0 Å². The molecule has 0 aromatic heterocycles. The minimum absolute atomic E-state index is 0.318. The summed E-state index contributed by atoms with van der Waals surface area (Å²) in [5.74, 6) is 3.37. The largest absolute Gasteiger partial charge is 0.481 e. The molecule has 0 aliphatic carbocycles. The van der Waals surface area contributed by atoms with Crippen LogP contribution in [0.2, 0.25) is 0 Å². The van der Waals surface area contributed by atoms with Gasteiger partial charge in [0.25, 0.3) is 0 Å². The van der Waals surface area contributed by atoms with Crippen LogP contribution < -0.4 is 10.1 Å². The lowest BCUT2D eigenvalue weighted by atomic mass is 10.2.